The van der Waals surface area contributed by atoms with E-state index in [1.165, 1.54) is 24.3 Å². The number of benzene rings is 3. The summed E-state index contributed by atoms with van der Waals surface area (Å²) in [4.78, 5) is 0. The number of para-hydroxylation sites is 1. The van der Waals surface area contributed by atoms with Crippen molar-refractivity contribution in [2.45, 2.75) is 5.25 Å². The van der Waals surface area contributed by atoms with Crippen molar-refractivity contribution in [2.75, 3.05) is 5.94 Å². The fourth-order valence-electron chi connectivity index (χ4n) is 2.84. The third kappa shape index (κ3) is 4.26. The Kier molecular flexibility index (Phi) is 5.72. The molecule has 0 saturated carbocycles. The van der Waals surface area contributed by atoms with Gasteiger partial charge in [0.1, 0.15) is 16.8 Å². The molecule has 0 N–H and O–H groups in total. The van der Waals surface area contributed by atoms with Gasteiger partial charge in [0.05, 0.1) is 0 Å². The van der Waals surface area contributed by atoms with E-state index in [1.54, 1.807) is 18.2 Å². The molecular formula is C22H19FO3S. The highest BCUT2D eigenvalue weighted by Gasteiger charge is 2.27. The number of sulfone groups is 1. The van der Waals surface area contributed by atoms with Crippen LogP contribution in [0, 0.1) is 5.82 Å². The number of halogens is 1. The number of hydrogen-bond donors (Lipinski definition) is 0. The Morgan fingerprint density at radius 1 is 0.926 bits per heavy atom. The molecule has 3 aromatic rings. The lowest BCUT2D eigenvalue weighted by molar-refractivity contribution is 0.376. The molecule has 3 nitrogen and oxygen atoms in total. The van der Waals surface area contributed by atoms with Gasteiger partial charge in [0.25, 0.3) is 0 Å². The molecule has 3 rings (SSSR count). The second-order valence-electron chi connectivity index (χ2n) is 5.97. The molecule has 3 aromatic carbocycles. The lowest BCUT2D eigenvalue weighted by Gasteiger charge is -2.17. The van der Waals surface area contributed by atoms with Gasteiger partial charge in [0.2, 0.25) is 0 Å². The Balaban J connectivity index is 1.86. The molecule has 0 bridgehead atoms. The van der Waals surface area contributed by atoms with Gasteiger partial charge in [-0.15, -0.1) is 6.58 Å². The lowest BCUT2D eigenvalue weighted by atomic mass is 10.1. The van der Waals surface area contributed by atoms with Crippen LogP contribution < -0.4 is 4.74 Å². The van der Waals surface area contributed by atoms with Gasteiger partial charge in [-0.3, -0.25) is 0 Å². The van der Waals surface area contributed by atoms with Crippen LogP contribution in [0.3, 0.4) is 0 Å². The molecular weight excluding hydrogens is 363 g/mol. The molecule has 0 radical (unpaired) electrons. The van der Waals surface area contributed by atoms with Crippen molar-refractivity contribution in [1.29, 1.82) is 0 Å². The normalized spacial score (nSPS) is 12.3. The minimum atomic E-state index is -3.83. The zero-order valence-corrected chi connectivity index (χ0v) is 15.4. The van der Waals surface area contributed by atoms with E-state index in [1.807, 2.05) is 42.5 Å². The topological polar surface area (TPSA) is 43.4 Å². The van der Waals surface area contributed by atoms with E-state index in [9.17, 15) is 12.8 Å². The second-order valence-corrected chi connectivity index (χ2v) is 8.03. The van der Waals surface area contributed by atoms with Gasteiger partial charge in [0, 0.05) is 11.1 Å². The van der Waals surface area contributed by atoms with Crippen molar-refractivity contribution in [2.24, 2.45) is 0 Å². The molecule has 5 heteroatoms. The van der Waals surface area contributed by atoms with Crippen LogP contribution in [0.15, 0.2) is 91.5 Å². The fourth-order valence-corrected chi connectivity index (χ4v) is 4.15. The highest BCUT2D eigenvalue weighted by Crippen LogP contribution is 2.31. The molecule has 0 amide bonds. The predicted octanol–water partition coefficient (Wildman–Crippen LogP) is 5.17. The summed E-state index contributed by atoms with van der Waals surface area (Å²) in [7, 11) is -3.83. The van der Waals surface area contributed by atoms with E-state index in [4.69, 9.17) is 4.74 Å². The number of hydrogen-bond acceptors (Lipinski definition) is 3. The standard InChI is InChI=1S/C22H19FO3S/c1-2-22(19-13-6-8-14-20(19)23)27(24,25)16-26-21-15-9-7-12-18(21)17-10-4-3-5-11-17/h2-15,22H,1,16H2. The zero-order valence-electron chi connectivity index (χ0n) is 14.6. The summed E-state index contributed by atoms with van der Waals surface area (Å²) in [6.07, 6.45) is 1.22. The highest BCUT2D eigenvalue weighted by molar-refractivity contribution is 7.91. The van der Waals surface area contributed by atoms with Crippen LogP contribution in [0.4, 0.5) is 4.39 Å². The first-order valence-electron chi connectivity index (χ1n) is 8.39. The summed E-state index contributed by atoms with van der Waals surface area (Å²) in [5, 5.41) is -1.18. The van der Waals surface area contributed by atoms with E-state index in [-0.39, 0.29) is 5.56 Å². The van der Waals surface area contributed by atoms with Crippen molar-refractivity contribution in [3.63, 3.8) is 0 Å². The summed E-state index contributed by atoms with van der Waals surface area (Å²) in [6.45, 7) is 3.56. The Bertz CT molecular complexity index is 1030. The predicted molar refractivity (Wildman–Crippen MR) is 106 cm³/mol. The van der Waals surface area contributed by atoms with Gasteiger partial charge in [0.15, 0.2) is 15.8 Å². The molecule has 0 aliphatic carbocycles. The molecule has 0 saturated heterocycles. The van der Waals surface area contributed by atoms with Crippen LogP contribution in [0.1, 0.15) is 10.8 Å². The molecule has 1 unspecified atom stereocenters. The average molecular weight is 382 g/mol. The first kappa shape index (κ1) is 18.9. The van der Waals surface area contributed by atoms with Crippen molar-refractivity contribution < 1.29 is 17.5 Å². The largest absolute Gasteiger partial charge is 0.477 e. The first-order valence-corrected chi connectivity index (χ1v) is 10.1. The highest BCUT2D eigenvalue weighted by atomic mass is 32.2. The van der Waals surface area contributed by atoms with Crippen LogP contribution in [-0.4, -0.2) is 14.4 Å². The minimum absolute atomic E-state index is 0.0624. The monoisotopic (exact) mass is 382 g/mol. The second kappa shape index (κ2) is 8.18. The van der Waals surface area contributed by atoms with Crippen molar-refractivity contribution >= 4 is 9.84 Å². The summed E-state index contributed by atoms with van der Waals surface area (Å²) in [5.74, 6) is -0.721. The van der Waals surface area contributed by atoms with E-state index in [0.717, 1.165) is 11.1 Å². The maximum atomic E-state index is 14.1. The van der Waals surface area contributed by atoms with Crippen LogP contribution in [0.5, 0.6) is 5.75 Å². The summed E-state index contributed by atoms with van der Waals surface area (Å²) >= 11 is 0. The Morgan fingerprint density at radius 2 is 1.56 bits per heavy atom. The van der Waals surface area contributed by atoms with Crippen LogP contribution in [0.2, 0.25) is 0 Å². The maximum absolute atomic E-state index is 14.1. The molecule has 0 fully saturated rings. The first-order chi connectivity index (χ1) is 13.0. The molecule has 1 atom stereocenters. The van der Waals surface area contributed by atoms with Crippen molar-refractivity contribution in [3.05, 3.63) is 103 Å². The third-order valence-electron chi connectivity index (χ3n) is 4.16. The van der Waals surface area contributed by atoms with E-state index >= 15 is 0 Å². The molecule has 0 heterocycles. The fraction of sp³-hybridized carbons (Fsp3) is 0.0909. The SMILES string of the molecule is C=CC(c1ccccc1F)S(=O)(=O)COc1ccccc1-c1ccccc1. The lowest BCUT2D eigenvalue weighted by Crippen LogP contribution is -2.20. The van der Waals surface area contributed by atoms with Gasteiger partial charge in [-0.05, 0) is 17.7 Å². The molecule has 0 aromatic heterocycles. The number of rotatable bonds is 7. The Labute approximate surface area is 158 Å². The van der Waals surface area contributed by atoms with Crippen LogP contribution in [0.25, 0.3) is 11.1 Å². The molecule has 0 aliphatic rings. The molecule has 138 valence electrons. The summed E-state index contributed by atoms with van der Waals surface area (Å²) in [6, 6.07) is 22.5. The summed E-state index contributed by atoms with van der Waals surface area (Å²) < 4.78 is 45.2. The van der Waals surface area contributed by atoms with Gasteiger partial charge in [-0.25, -0.2) is 12.8 Å². The average Bonchev–Trinajstić information content (AvgIpc) is 2.69. The maximum Gasteiger partial charge on any atom is 0.195 e. The molecule has 0 aliphatic heterocycles. The van der Waals surface area contributed by atoms with E-state index in [2.05, 4.69) is 6.58 Å². The summed E-state index contributed by atoms with van der Waals surface area (Å²) in [5.41, 5.74) is 1.77. The van der Waals surface area contributed by atoms with E-state index in [0.29, 0.717) is 5.75 Å². The minimum Gasteiger partial charge on any atom is -0.477 e. The van der Waals surface area contributed by atoms with Crippen molar-refractivity contribution in [3.8, 4) is 16.9 Å². The van der Waals surface area contributed by atoms with E-state index < -0.39 is 26.8 Å². The van der Waals surface area contributed by atoms with Gasteiger partial charge >= 0.3 is 0 Å². The van der Waals surface area contributed by atoms with Gasteiger partial charge < -0.3 is 4.74 Å². The number of ether oxygens (including phenoxy) is 1. The zero-order chi connectivity index (χ0) is 19.3. The smallest absolute Gasteiger partial charge is 0.195 e. The Morgan fingerprint density at radius 3 is 2.26 bits per heavy atom. The van der Waals surface area contributed by atoms with Gasteiger partial charge in [-0.2, -0.15) is 0 Å². The van der Waals surface area contributed by atoms with Crippen molar-refractivity contribution in [1.82, 2.24) is 0 Å². The van der Waals surface area contributed by atoms with Crippen LogP contribution in [-0.2, 0) is 9.84 Å². The quantitative estimate of drug-likeness (QED) is 0.530. The molecule has 0 spiro atoms. The Hall–Kier alpha value is -2.92. The third-order valence-corrected chi connectivity index (χ3v) is 5.83. The van der Waals surface area contributed by atoms with Crippen LogP contribution >= 0.6 is 0 Å². The van der Waals surface area contributed by atoms with Gasteiger partial charge in [-0.1, -0.05) is 72.8 Å². The molecule has 27 heavy (non-hydrogen) atoms.